The Balaban J connectivity index is 0. The van der Waals surface area contributed by atoms with Crippen molar-refractivity contribution in [2.24, 2.45) is 0 Å². The van der Waals surface area contributed by atoms with Crippen LogP contribution in [0.15, 0.2) is 0 Å². The molecule has 0 aliphatic rings. The summed E-state index contributed by atoms with van der Waals surface area (Å²) in [5.74, 6) is 0. The molecule has 0 aliphatic heterocycles. The van der Waals surface area contributed by atoms with Crippen molar-refractivity contribution in [1.82, 2.24) is 0 Å². The van der Waals surface area contributed by atoms with E-state index in [-0.39, 0.29) is 17.0 Å². The third-order valence-electron chi connectivity index (χ3n) is 3.50. The van der Waals surface area contributed by atoms with Gasteiger partial charge in [0.05, 0.1) is 24.6 Å². The van der Waals surface area contributed by atoms with Crippen LogP contribution in [0.4, 0.5) is 0 Å². The Morgan fingerprint density at radius 3 is 1.80 bits per heavy atom. The molecule has 0 saturated carbocycles. The number of halogens is 2. The molecular weight excluding hydrogens is 335 g/mol. The van der Waals surface area contributed by atoms with Gasteiger partial charge in [0.25, 0.3) is 0 Å². The molecule has 0 spiro atoms. The largest absolute Gasteiger partial charge is 1.00 e. The highest BCUT2D eigenvalue weighted by molar-refractivity contribution is 9.09. The van der Waals surface area contributed by atoms with E-state index in [1.165, 1.54) is 43.9 Å². The molecule has 0 saturated heterocycles. The van der Waals surface area contributed by atoms with Crippen LogP contribution in [0.25, 0.3) is 0 Å². The average Bonchev–Trinajstić information content (AvgIpc) is 2.19. The molecule has 0 aromatic rings. The minimum Gasteiger partial charge on any atom is -1.00 e. The zero-order valence-corrected chi connectivity index (χ0v) is 14.8. The summed E-state index contributed by atoms with van der Waals surface area (Å²) in [4.78, 5) is 0.708. The van der Waals surface area contributed by atoms with E-state index in [4.69, 9.17) is 0 Å². The lowest BCUT2D eigenvalue weighted by Gasteiger charge is -2.23. The summed E-state index contributed by atoms with van der Waals surface area (Å²) < 4.78 is 0. The average molecular weight is 362 g/mol. The van der Waals surface area contributed by atoms with E-state index in [9.17, 15) is 0 Å². The lowest BCUT2D eigenvalue weighted by atomic mass is 10.2. The van der Waals surface area contributed by atoms with Gasteiger partial charge in [-0.1, -0.05) is 22.9 Å². The molecule has 15 heavy (non-hydrogen) atoms. The van der Waals surface area contributed by atoms with E-state index in [0.717, 1.165) is 0 Å². The summed E-state index contributed by atoms with van der Waals surface area (Å²) in [7, 11) is -0.514. The van der Waals surface area contributed by atoms with E-state index in [2.05, 4.69) is 43.6 Å². The minimum atomic E-state index is -0.514. The van der Waals surface area contributed by atoms with E-state index < -0.39 is 7.26 Å². The van der Waals surface area contributed by atoms with Crippen molar-refractivity contribution in [3.8, 4) is 0 Å². The third kappa shape index (κ3) is 8.16. The normalized spacial score (nSPS) is 13.4. The van der Waals surface area contributed by atoms with Crippen LogP contribution in [-0.2, 0) is 0 Å². The Bertz CT molecular complexity index is 125. The molecule has 1 unspecified atom stereocenters. The van der Waals surface area contributed by atoms with Gasteiger partial charge in [0.1, 0.15) is 0 Å². The van der Waals surface area contributed by atoms with Gasteiger partial charge < -0.3 is 17.0 Å². The maximum Gasteiger partial charge on any atom is 0.0594 e. The maximum atomic E-state index is 3.62. The second-order valence-corrected chi connectivity index (χ2v) is 10.9. The third-order valence-corrected chi connectivity index (χ3v) is 9.24. The van der Waals surface area contributed by atoms with Crippen LogP contribution < -0.4 is 17.0 Å². The molecule has 0 heterocycles. The lowest BCUT2D eigenvalue weighted by Crippen LogP contribution is -3.00. The lowest BCUT2D eigenvalue weighted by molar-refractivity contribution is -0.00000319. The van der Waals surface area contributed by atoms with Gasteiger partial charge >= 0.3 is 0 Å². The zero-order chi connectivity index (χ0) is 11.0. The van der Waals surface area contributed by atoms with E-state index in [0.29, 0.717) is 4.83 Å². The molecule has 1 atom stereocenters. The quantitative estimate of drug-likeness (QED) is 0.352. The first-order chi connectivity index (χ1) is 6.60. The van der Waals surface area contributed by atoms with Crippen LogP contribution in [0, 0.1) is 0 Å². The second-order valence-electron chi connectivity index (χ2n) is 4.29. The van der Waals surface area contributed by atoms with Crippen molar-refractivity contribution >= 4 is 23.2 Å². The molecule has 0 bridgehead atoms. The van der Waals surface area contributed by atoms with Crippen molar-refractivity contribution in [2.45, 2.75) is 51.8 Å². The van der Waals surface area contributed by atoms with Gasteiger partial charge in [0, 0.05) is 12.1 Å². The molecular formula is C12H27Br2P. The highest BCUT2D eigenvalue weighted by atomic mass is 79.9. The van der Waals surface area contributed by atoms with Crippen molar-refractivity contribution < 1.29 is 17.0 Å². The summed E-state index contributed by atoms with van der Waals surface area (Å²) in [5, 5.41) is 0. The van der Waals surface area contributed by atoms with Crippen LogP contribution >= 0.6 is 23.2 Å². The fourth-order valence-corrected chi connectivity index (χ4v) is 5.53. The number of unbranched alkanes of at least 4 members (excludes halogenated alkanes) is 1. The fourth-order valence-electron chi connectivity index (χ4n) is 2.02. The van der Waals surface area contributed by atoms with Crippen LogP contribution in [0.1, 0.15) is 47.0 Å². The van der Waals surface area contributed by atoms with Gasteiger partial charge in [0.15, 0.2) is 0 Å². The Morgan fingerprint density at radius 2 is 1.47 bits per heavy atom. The van der Waals surface area contributed by atoms with E-state index in [1.54, 1.807) is 0 Å². The van der Waals surface area contributed by atoms with Crippen molar-refractivity contribution in [1.29, 1.82) is 0 Å². The molecule has 0 rings (SSSR count). The predicted molar refractivity (Wildman–Crippen MR) is 75.7 cm³/mol. The molecule has 0 nitrogen and oxygen atoms in total. The number of hydrogen-bond donors (Lipinski definition) is 0. The van der Waals surface area contributed by atoms with Crippen LogP contribution in [0.2, 0.25) is 0 Å². The minimum absolute atomic E-state index is 0. The zero-order valence-electron chi connectivity index (χ0n) is 10.7. The molecule has 0 amide bonds. The van der Waals surface area contributed by atoms with Gasteiger partial charge in [0.2, 0.25) is 0 Å². The second kappa shape index (κ2) is 10.5. The van der Waals surface area contributed by atoms with Gasteiger partial charge in [-0.05, 0) is 40.0 Å². The highest BCUT2D eigenvalue weighted by Gasteiger charge is 2.29. The molecule has 0 aromatic carbocycles. The Labute approximate surface area is 116 Å². The Morgan fingerprint density at radius 1 is 1.00 bits per heavy atom. The van der Waals surface area contributed by atoms with Crippen molar-refractivity contribution in [2.75, 3.05) is 24.6 Å². The summed E-state index contributed by atoms with van der Waals surface area (Å²) in [6.07, 6.45) is 10.1. The summed E-state index contributed by atoms with van der Waals surface area (Å²) in [6.45, 7) is 9.44. The van der Waals surface area contributed by atoms with Crippen LogP contribution in [0.3, 0.4) is 0 Å². The van der Waals surface area contributed by atoms with E-state index >= 15 is 0 Å². The van der Waals surface area contributed by atoms with Crippen LogP contribution in [0.5, 0.6) is 0 Å². The van der Waals surface area contributed by atoms with Crippen LogP contribution in [-0.4, -0.2) is 29.5 Å². The first-order valence-corrected chi connectivity index (χ1v) is 9.54. The van der Waals surface area contributed by atoms with Crippen molar-refractivity contribution in [3.63, 3.8) is 0 Å². The van der Waals surface area contributed by atoms with E-state index in [1.807, 2.05) is 0 Å². The topological polar surface area (TPSA) is 0 Å². The summed E-state index contributed by atoms with van der Waals surface area (Å²) in [6, 6.07) is 0. The number of hydrogen-bond acceptors (Lipinski definition) is 0. The molecule has 0 N–H and O–H groups in total. The molecule has 0 radical (unpaired) electrons. The highest BCUT2D eigenvalue weighted by Crippen LogP contribution is 2.58. The number of alkyl halides is 1. The fraction of sp³-hybridized carbons (Fsp3) is 1.00. The van der Waals surface area contributed by atoms with Gasteiger partial charge in [-0.2, -0.15) is 0 Å². The van der Waals surface area contributed by atoms with Gasteiger partial charge in [-0.15, -0.1) is 0 Å². The number of rotatable bonds is 8. The molecule has 0 aliphatic carbocycles. The molecule has 0 fully saturated rings. The predicted octanol–water partition coefficient (Wildman–Crippen LogP) is 2.02. The SMILES string of the molecule is CC[P+](CC)(CC)CCCCC(C)Br.[Br-]. The molecule has 3 heteroatoms. The Hall–Kier alpha value is 1.39. The smallest absolute Gasteiger partial charge is 0.0594 e. The first kappa shape index (κ1) is 18.7. The summed E-state index contributed by atoms with van der Waals surface area (Å²) in [5.41, 5.74) is 0. The van der Waals surface area contributed by atoms with Gasteiger partial charge in [-0.25, -0.2) is 0 Å². The monoisotopic (exact) mass is 360 g/mol. The standard InChI is InChI=1S/C12H27BrP.BrH/c1-5-14(6-2,7-3)11-9-8-10-12(4)13;/h12H,5-11H2,1-4H3;1H/q+1;/p-1. The Kier molecular flexibility index (Phi) is 13.2. The first-order valence-electron chi connectivity index (χ1n) is 6.09. The van der Waals surface area contributed by atoms with Gasteiger partial charge in [-0.3, -0.25) is 0 Å². The van der Waals surface area contributed by atoms with Crippen molar-refractivity contribution in [3.05, 3.63) is 0 Å². The maximum absolute atomic E-state index is 3.62. The molecule has 94 valence electrons. The molecule has 0 aromatic heterocycles. The summed E-state index contributed by atoms with van der Waals surface area (Å²) >= 11 is 3.62.